The fraction of sp³-hybridized carbons (Fsp3) is 0.375. The van der Waals surface area contributed by atoms with Crippen LogP contribution in [0.4, 0.5) is 4.39 Å². The lowest BCUT2D eigenvalue weighted by atomic mass is 9.88. The number of carbonyl (C=O) groups is 1. The summed E-state index contributed by atoms with van der Waals surface area (Å²) in [6.07, 6.45) is 1.66. The van der Waals surface area contributed by atoms with Gasteiger partial charge in [0.05, 0.1) is 11.2 Å². The average molecular weight is 304 g/mol. The molecule has 0 saturated carbocycles. The molecule has 2 rings (SSSR count). The van der Waals surface area contributed by atoms with Crippen LogP contribution in [0.25, 0.3) is 5.69 Å². The largest absolute Gasteiger partial charge is 0.344 e. The Hall–Kier alpha value is -2.21. The molecule has 1 amide bonds. The van der Waals surface area contributed by atoms with Gasteiger partial charge in [-0.15, -0.1) is 0 Å². The number of halogens is 1. The summed E-state index contributed by atoms with van der Waals surface area (Å²) in [5.74, 6) is -0.396. The first-order valence-corrected chi connectivity index (χ1v) is 7.20. The minimum absolute atomic E-state index is 0.195. The molecule has 0 radical (unpaired) electrons. The highest BCUT2D eigenvalue weighted by molar-refractivity contribution is 5.92. The van der Waals surface area contributed by atoms with Gasteiger partial charge in [-0.1, -0.05) is 13.8 Å². The predicted octanol–water partition coefficient (Wildman–Crippen LogP) is 2.11. The van der Waals surface area contributed by atoms with Crippen molar-refractivity contribution in [2.24, 2.45) is 11.7 Å². The van der Waals surface area contributed by atoms with Crippen LogP contribution < -0.4 is 11.1 Å². The van der Waals surface area contributed by atoms with Crippen molar-refractivity contribution < 1.29 is 9.18 Å². The molecule has 1 aromatic carbocycles. The number of rotatable bonds is 5. The Bertz CT molecular complexity index is 650. The van der Waals surface area contributed by atoms with E-state index in [-0.39, 0.29) is 17.6 Å². The molecule has 6 heteroatoms. The van der Waals surface area contributed by atoms with E-state index in [2.05, 4.69) is 10.4 Å². The predicted molar refractivity (Wildman–Crippen MR) is 83.3 cm³/mol. The summed E-state index contributed by atoms with van der Waals surface area (Å²) in [5.41, 5.74) is 6.26. The van der Waals surface area contributed by atoms with Gasteiger partial charge in [-0.2, -0.15) is 5.10 Å². The molecule has 0 aliphatic carbocycles. The highest BCUT2D eigenvalue weighted by Gasteiger charge is 2.29. The number of carbonyl (C=O) groups excluding carboxylic acids is 1. The fourth-order valence-electron chi connectivity index (χ4n) is 1.94. The minimum Gasteiger partial charge on any atom is -0.344 e. The minimum atomic E-state index is -0.489. The highest BCUT2D eigenvalue weighted by atomic mass is 19.1. The summed E-state index contributed by atoms with van der Waals surface area (Å²) in [6, 6.07) is 7.52. The molecule has 0 saturated heterocycles. The third-order valence-electron chi connectivity index (χ3n) is 4.01. The van der Waals surface area contributed by atoms with Crippen molar-refractivity contribution >= 4 is 5.91 Å². The lowest BCUT2D eigenvalue weighted by Crippen LogP contribution is -2.55. The number of nitrogens with two attached hydrogens (primary N) is 1. The number of benzene rings is 1. The van der Waals surface area contributed by atoms with Gasteiger partial charge in [-0.25, -0.2) is 9.07 Å². The van der Waals surface area contributed by atoms with Crippen LogP contribution in [-0.4, -0.2) is 27.8 Å². The van der Waals surface area contributed by atoms with Gasteiger partial charge in [0.25, 0.3) is 5.91 Å². The van der Waals surface area contributed by atoms with E-state index in [1.807, 2.05) is 20.8 Å². The Kier molecular flexibility index (Phi) is 4.61. The molecule has 22 heavy (non-hydrogen) atoms. The van der Waals surface area contributed by atoms with E-state index in [4.69, 9.17) is 5.73 Å². The smallest absolute Gasteiger partial charge is 0.272 e. The number of hydrogen-bond donors (Lipinski definition) is 2. The maximum absolute atomic E-state index is 12.9. The summed E-state index contributed by atoms with van der Waals surface area (Å²) in [6.45, 7) is 6.26. The first-order chi connectivity index (χ1) is 10.4. The molecule has 1 atom stereocenters. The van der Waals surface area contributed by atoms with Gasteiger partial charge in [0, 0.05) is 12.7 Å². The first kappa shape index (κ1) is 16.2. The first-order valence-electron chi connectivity index (χ1n) is 7.20. The number of aromatic nitrogens is 2. The Morgan fingerprint density at radius 2 is 2.00 bits per heavy atom. The van der Waals surface area contributed by atoms with Gasteiger partial charge in [0.15, 0.2) is 5.69 Å². The maximum Gasteiger partial charge on any atom is 0.272 e. The SMILES string of the molecule is CC(C)C(C)(CN)NC(=O)c1ccn(-c2ccc(F)cc2)n1. The van der Waals surface area contributed by atoms with Gasteiger partial charge in [0.1, 0.15) is 5.82 Å². The van der Waals surface area contributed by atoms with Crippen LogP contribution in [0.2, 0.25) is 0 Å². The van der Waals surface area contributed by atoms with Gasteiger partial charge in [-0.3, -0.25) is 4.79 Å². The number of amides is 1. The molecule has 0 spiro atoms. The molecule has 3 N–H and O–H groups in total. The Morgan fingerprint density at radius 3 is 2.55 bits per heavy atom. The number of hydrogen-bond acceptors (Lipinski definition) is 3. The number of nitrogens with zero attached hydrogens (tertiary/aromatic N) is 2. The Balaban J connectivity index is 2.17. The summed E-state index contributed by atoms with van der Waals surface area (Å²) >= 11 is 0. The third kappa shape index (κ3) is 3.33. The summed E-state index contributed by atoms with van der Waals surface area (Å²) in [7, 11) is 0. The van der Waals surface area contributed by atoms with Crippen LogP contribution in [0, 0.1) is 11.7 Å². The van der Waals surface area contributed by atoms with E-state index in [0.717, 1.165) is 0 Å². The maximum atomic E-state index is 12.9. The summed E-state index contributed by atoms with van der Waals surface area (Å²) < 4.78 is 14.5. The zero-order valence-electron chi connectivity index (χ0n) is 13.0. The average Bonchev–Trinajstić information content (AvgIpc) is 2.97. The molecule has 0 fully saturated rings. The van der Waals surface area contributed by atoms with E-state index in [1.54, 1.807) is 24.4 Å². The molecular weight excluding hydrogens is 283 g/mol. The van der Waals surface area contributed by atoms with Crippen LogP contribution in [0.3, 0.4) is 0 Å². The Labute approximate surface area is 129 Å². The van der Waals surface area contributed by atoms with Crippen molar-refractivity contribution in [1.29, 1.82) is 0 Å². The van der Waals surface area contributed by atoms with Crippen molar-refractivity contribution in [3.8, 4) is 5.69 Å². The standard InChI is InChI=1S/C16H21FN4O/c1-11(2)16(3,10-18)19-15(22)14-8-9-21(20-14)13-6-4-12(17)5-7-13/h4-9,11H,10,18H2,1-3H3,(H,19,22). The van der Waals surface area contributed by atoms with Gasteiger partial charge < -0.3 is 11.1 Å². The van der Waals surface area contributed by atoms with Crippen LogP contribution >= 0.6 is 0 Å². The van der Waals surface area contributed by atoms with E-state index in [9.17, 15) is 9.18 Å². The fourth-order valence-corrected chi connectivity index (χ4v) is 1.94. The molecule has 0 aliphatic rings. The normalized spacial score (nSPS) is 13.9. The third-order valence-corrected chi connectivity index (χ3v) is 4.01. The van der Waals surface area contributed by atoms with E-state index >= 15 is 0 Å². The quantitative estimate of drug-likeness (QED) is 0.888. The second-order valence-corrected chi connectivity index (χ2v) is 5.85. The van der Waals surface area contributed by atoms with Crippen LogP contribution in [-0.2, 0) is 0 Å². The van der Waals surface area contributed by atoms with Crippen molar-refractivity contribution in [1.82, 2.24) is 15.1 Å². The summed E-state index contributed by atoms with van der Waals surface area (Å²) in [5, 5.41) is 7.16. The zero-order chi connectivity index (χ0) is 16.3. The van der Waals surface area contributed by atoms with Crippen molar-refractivity contribution in [2.45, 2.75) is 26.3 Å². The molecule has 5 nitrogen and oxygen atoms in total. The molecule has 2 aromatic rings. The monoisotopic (exact) mass is 304 g/mol. The molecule has 1 heterocycles. The zero-order valence-corrected chi connectivity index (χ0v) is 13.0. The summed E-state index contributed by atoms with van der Waals surface area (Å²) in [4.78, 5) is 12.3. The van der Waals surface area contributed by atoms with Gasteiger partial charge >= 0.3 is 0 Å². The van der Waals surface area contributed by atoms with E-state index < -0.39 is 5.54 Å². The second-order valence-electron chi connectivity index (χ2n) is 5.85. The molecule has 1 unspecified atom stereocenters. The number of nitrogens with one attached hydrogen (secondary N) is 1. The molecule has 1 aromatic heterocycles. The lowest BCUT2D eigenvalue weighted by Gasteiger charge is -2.33. The van der Waals surface area contributed by atoms with Crippen molar-refractivity contribution in [2.75, 3.05) is 6.54 Å². The molecular formula is C16H21FN4O. The van der Waals surface area contributed by atoms with Crippen molar-refractivity contribution in [3.63, 3.8) is 0 Å². The Morgan fingerprint density at radius 1 is 1.36 bits per heavy atom. The van der Waals surface area contributed by atoms with Gasteiger partial charge in [-0.05, 0) is 43.2 Å². The van der Waals surface area contributed by atoms with Crippen LogP contribution in [0.15, 0.2) is 36.5 Å². The topological polar surface area (TPSA) is 72.9 Å². The van der Waals surface area contributed by atoms with E-state index in [1.165, 1.54) is 16.8 Å². The highest BCUT2D eigenvalue weighted by Crippen LogP contribution is 2.16. The van der Waals surface area contributed by atoms with Crippen LogP contribution in [0.1, 0.15) is 31.3 Å². The van der Waals surface area contributed by atoms with Crippen LogP contribution in [0.5, 0.6) is 0 Å². The lowest BCUT2D eigenvalue weighted by molar-refractivity contribution is 0.0877. The molecule has 118 valence electrons. The second kappa shape index (κ2) is 6.27. The van der Waals surface area contributed by atoms with E-state index in [0.29, 0.717) is 17.9 Å². The molecule has 0 bridgehead atoms. The molecule has 0 aliphatic heterocycles. The van der Waals surface area contributed by atoms with Crippen molar-refractivity contribution in [3.05, 3.63) is 48.0 Å². The van der Waals surface area contributed by atoms with Gasteiger partial charge in [0.2, 0.25) is 0 Å².